The van der Waals surface area contributed by atoms with Crippen LogP contribution in [0.25, 0.3) is 11.1 Å². The summed E-state index contributed by atoms with van der Waals surface area (Å²) >= 11 is 6.13. The summed E-state index contributed by atoms with van der Waals surface area (Å²) in [6.07, 6.45) is 0.433. The maximum absolute atomic E-state index is 13.9. The zero-order valence-electron chi connectivity index (χ0n) is 20.9. The summed E-state index contributed by atoms with van der Waals surface area (Å²) in [5, 5.41) is 10.1. The fourth-order valence-corrected chi connectivity index (χ4v) is 5.34. The minimum atomic E-state index is -0.486. The van der Waals surface area contributed by atoms with Crippen molar-refractivity contribution in [2.45, 2.75) is 32.4 Å². The molecular weight excluding hydrogens is 496 g/mol. The van der Waals surface area contributed by atoms with Crippen LogP contribution in [0.1, 0.15) is 43.1 Å². The molecule has 4 nitrogen and oxygen atoms in total. The van der Waals surface area contributed by atoms with Gasteiger partial charge in [-0.3, -0.25) is 9.29 Å². The Balaban J connectivity index is 1.39. The number of alkyl halides is 1. The van der Waals surface area contributed by atoms with Gasteiger partial charge < -0.3 is 14.6 Å². The van der Waals surface area contributed by atoms with E-state index in [1.165, 1.54) is 6.07 Å². The van der Waals surface area contributed by atoms with E-state index in [-0.39, 0.29) is 29.4 Å². The van der Waals surface area contributed by atoms with Crippen LogP contribution >= 0.6 is 11.6 Å². The third kappa shape index (κ3) is 5.32. The average Bonchev–Trinajstić information content (AvgIpc) is 3.39. The maximum Gasteiger partial charge on any atom is 0.150 e. The van der Waals surface area contributed by atoms with Crippen LogP contribution in [-0.2, 0) is 0 Å². The topological polar surface area (TPSA) is 41.9 Å². The van der Waals surface area contributed by atoms with E-state index in [0.29, 0.717) is 12.4 Å². The summed E-state index contributed by atoms with van der Waals surface area (Å²) in [5.74, 6) is 1.18. The Labute approximate surface area is 221 Å². The molecule has 1 unspecified atom stereocenters. The SMILES string of the molecule is CC1=C(c2ccc(F)c(Cl)c2)C(c2ccc(OC[C@H](C)N3CC[C@@H](CF)C3)cc2)Oc2ccc(O)cc21. The van der Waals surface area contributed by atoms with Gasteiger partial charge in [0.25, 0.3) is 0 Å². The van der Waals surface area contributed by atoms with Crippen molar-refractivity contribution in [3.63, 3.8) is 0 Å². The lowest BCUT2D eigenvalue weighted by atomic mass is 9.86. The fraction of sp³-hybridized carbons (Fsp3) is 0.333. The predicted octanol–water partition coefficient (Wildman–Crippen LogP) is 7.31. The van der Waals surface area contributed by atoms with Crippen LogP contribution in [0, 0.1) is 11.7 Å². The van der Waals surface area contributed by atoms with Gasteiger partial charge in [-0.2, -0.15) is 0 Å². The van der Waals surface area contributed by atoms with Crippen molar-refractivity contribution >= 4 is 22.7 Å². The van der Waals surface area contributed by atoms with Gasteiger partial charge in [-0.05, 0) is 86.0 Å². The van der Waals surface area contributed by atoms with Gasteiger partial charge >= 0.3 is 0 Å². The molecule has 0 bridgehead atoms. The van der Waals surface area contributed by atoms with E-state index in [9.17, 15) is 13.9 Å². The Morgan fingerprint density at radius 2 is 1.92 bits per heavy atom. The Morgan fingerprint density at radius 1 is 1.14 bits per heavy atom. The number of likely N-dealkylation sites (tertiary alicyclic amines) is 1. The number of nitrogens with zero attached hydrogens (tertiary/aromatic N) is 1. The van der Waals surface area contributed by atoms with Crippen LogP contribution < -0.4 is 9.47 Å². The van der Waals surface area contributed by atoms with Crippen LogP contribution in [0.2, 0.25) is 5.02 Å². The molecule has 0 spiro atoms. The number of phenolic OH excluding ortho intramolecular Hbond substituents is 1. The Hall–Kier alpha value is -3.09. The quantitative estimate of drug-likeness (QED) is 0.351. The second-order valence-corrected chi connectivity index (χ2v) is 10.3. The van der Waals surface area contributed by atoms with Crippen LogP contribution in [0.4, 0.5) is 8.78 Å². The summed E-state index contributed by atoms with van der Waals surface area (Å²) in [6.45, 7) is 6.01. The number of hydrogen-bond acceptors (Lipinski definition) is 4. The van der Waals surface area contributed by atoms with Crippen molar-refractivity contribution in [3.05, 3.63) is 88.2 Å². The number of aromatic hydroxyl groups is 1. The Morgan fingerprint density at radius 3 is 2.62 bits per heavy atom. The molecule has 5 rings (SSSR count). The Kier molecular flexibility index (Phi) is 7.40. The molecule has 194 valence electrons. The van der Waals surface area contributed by atoms with Crippen molar-refractivity contribution in [1.82, 2.24) is 4.90 Å². The molecule has 3 aromatic carbocycles. The summed E-state index contributed by atoms with van der Waals surface area (Å²) in [5.41, 5.74) is 4.18. The number of rotatable bonds is 7. The van der Waals surface area contributed by atoms with E-state index >= 15 is 0 Å². The van der Waals surface area contributed by atoms with Crippen molar-refractivity contribution in [2.24, 2.45) is 5.92 Å². The Bertz CT molecular complexity index is 1310. The lowest BCUT2D eigenvalue weighted by molar-refractivity contribution is 0.165. The zero-order valence-corrected chi connectivity index (χ0v) is 21.6. The lowest BCUT2D eigenvalue weighted by Gasteiger charge is -2.31. The average molecular weight is 526 g/mol. The number of phenols is 1. The number of benzene rings is 3. The molecule has 1 saturated heterocycles. The second kappa shape index (κ2) is 10.7. The van der Waals surface area contributed by atoms with Crippen LogP contribution in [0.15, 0.2) is 60.7 Å². The smallest absolute Gasteiger partial charge is 0.150 e. The molecule has 0 saturated carbocycles. The molecule has 2 aliphatic heterocycles. The number of halogens is 3. The summed E-state index contributed by atoms with van der Waals surface area (Å²) in [6, 6.07) is 17.6. The zero-order chi connectivity index (χ0) is 26.1. The standard InChI is InChI=1S/C30H30ClF2NO3/c1-18(34-12-11-20(15-32)16-34)17-36-24-7-3-21(4-8-24)30-29(22-5-9-27(33)26(31)13-22)19(2)25-14-23(35)6-10-28(25)37-30/h3-10,13-14,18,20,30,35H,11-12,15-17H2,1-2H3/t18-,20-,30?/m0/s1. The minimum Gasteiger partial charge on any atom is -0.508 e. The van der Waals surface area contributed by atoms with Crippen LogP contribution in [0.3, 0.4) is 0 Å². The summed E-state index contributed by atoms with van der Waals surface area (Å²) in [7, 11) is 0. The van der Waals surface area contributed by atoms with Crippen molar-refractivity contribution in [3.8, 4) is 17.2 Å². The number of hydrogen-bond donors (Lipinski definition) is 1. The number of fused-ring (bicyclic) bond motifs is 1. The summed E-state index contributed by atoms with van der Waals surface area (Å²) in [4.78, 5) is 2.28. The first-order valence-electron chi connectivity index (χ1n) is 12.5. The predicted molar refractivity (Wildman–Crippen MR) is 142 cm³/mol. The third-order valence-corrected chi connectivity index (χ3v) is 7.63. The normalized spacial score (nSPS) is 20.5. The number of allylic oxidation sites excluding steroid dienone is 1. The van der Waals surface area contributed by atoms with Gasteiger partial charge in [0.1, 0.15) is 35.8 Å². The van der Waals surface area contributed by atoms with Crippen LogP contribution in [-0.4, -0.2) is 42.4 Å². The van der Waals surface area contributed by atoms with E-state index in [4.69, 9.17) is 21.1 Å². The number of ether oxygens (including phenoxy) is 2. The van der Waals surface area contributed by atoms with Gasteiger partial charge in [-0.1, -0.05) is 29.8 Å². The van der Waals surface area contributed by atoms with E-state index in [2.05, 4.69) is 11.8 Å². The third-order valence-electron chi connectivity index (χ3n) is 7.34. The molecule has 3 atom stereocenters. The minimum absolute atomic E-state index is 0.0342. The molecule has 1 fully saturated rings. The molecule has 0 aromatic heterocycles. The maximum atomic E-state index is 13.9. The van der Waals surface area contributed by atoms with Crippen molar-refractivity contribution in [1.29, 1.82) is 0 Å². The largest absolute Gasteiger partial charge is 0.508 e. The molecule has 3 aromatic rings. The molecule has 37 heavy (non-hydrogen) atoms. The second-order valence-electron chi connectivity index (χ2n) is 9.88. The fourth-order valence-electron chi connectivity index (χ4n) is 5.16. The van der Waals surface area contributed by atoms with Crippen molar-refractivity contribution in [2.75, 3.05) is 26.4 Å². The van der Waals surface area contributed by atoms with Gasteiger partial charge in [-0.15, -0.1) is 0 Å². The first-order chi connectivity index (χ1) is 17.8. The first-order valence-corrected chi connectivity index (χ1v) is 12.9. The molecule has 7 heteroatoms. The molecule has 2 heterocycles. The molecular formula is C30H30ClF2NO3. The van der Waals surface area contributed by atoms with E-state index in [1.807, 2.05) is 31.2 Å². The highest BCUT2D eigenvalue weighted by atomic mass is 35.5. The van der Waals surface area contributed by atoms with Gasteiger partial charge in [-0.25, -0.2) is 4.39 Å². The highest BCUT2D eigenvalue weighted by Gasteiger charge is 2.30. The molecule has 0 aliphatic carbocycles. The van der Waals surface area contributed by atoms with E-state index in [1.54, 1.807) is 30.3 Å². The van der Waals surface area contributed by atoms with E-state index < -0.39 is 11.9 Å². The molecule has 2 aliphatic rings. The molecule has 1 N–H and O–H groups in total. The molecule has 0 radical (unpaired) electrons. The monoisotopic (exact) mass is 525 g/mol. The van der Waals surface area contributed by atoms with E-state index in [0.717, 1.165) is 53.1 Å². The molecule has 0 amide bonds. The van der Waals surface area contributed by atoms with Gasteiger partial charge in [0.2, 0.25) is 0 Å². The summed E-state index contributed by atoms with van der Waals surface area (Å²) < 4.78 is 39.4. The highest BCUT2D eigenvalue weighted by molar-refractivity contribution is 6.31. The van der Waals surface area contributed by atoms with Gasteiger partial charge in [0.05, 0.1) is 11.7 Å². The lowest BCUT2D eigenvalue weighted by Crippen LogP contribution is -2.35. The van der Waals surface area contributed by atoms with Gasteiger partial charge in [0.15, 0.2) is 0 Å². The van der Waals surface area contributed by atoms with Crippen molar-refractivity contribution < 1.29 is 23.4 Å². The first kappa shape index (κ1) is 25.6. The van der Waals surface area contributed by atoms with Gasteiger partial charge in [0, 0.05) is 29.6 Å². The van der Waals surface area contributed by atoms with Crippen LogP contribution in [0.5, 0.6) is 17.2 Å². The highest BCUT2D eigenvalue weighted by Crippen LogP contribution is 2.47.